The molecule has 0 bridgehead atoms. The van der Waals surface area contributed by atoms with Gasteiger partial charge in [0.15, 0.2) is 4.21 Å². The van der Waals surface area contributed by atoms with Crippen LogP contribution in [0.3, 0.4) is 0 Å². The Morgan fingerprint density at radius 2 is 2.10 bits per heavy atom. The summed E-state index contributed by atoms with van der Waals surface area (Å²) < 4.78 is 35.8. The molecule has 2 aromatic rings. The molecule has 0 aromatic carbocycles. The Labute approximate surface area is 126 Å². The van der Waals surface area contributed by atoms with Gasteiger partial charge < -0.3 is 4.74 Å². The van der Waals surface area contributed by atoms with Gasteiger partial charge >= 0.3 is 0 Å². The third-order valence-electron chi connectivity index (χ3n) is 3.04. The topological polar surface area (TPSA) is 94.1 Å². The highest BCUT2D eigenvalue weighted by Gasteiger charge is 2.27. The van der Waals surface area contributed by atoms with E-state index in [4.69, 9.17) is 4.74 Å². The number of hydrogen-bond acceptors (Lipinski definition) is 7. The van der Waals surface area contributed by atoms with Crippen LogP contribution >= 0.6 is 11.5 Å². The first-order valence-corrected chi connectivity index (χ1v) is 8.63. The van der Waals surface area contributed by atoms with Crippen LogP contribution in [-0.2, 0) is 10.0 Å². The van der Waals surface area contributed by atoms with Crippen LogP contribution in [0.25, 0.3) is 0 Å². The summed E-state index contributed by atoms with van der Waals surface area (Å²) in [5.41, 5.74) is 1.63. The number of methoxy groups -OCH3 is 1. The quantitative estimate of drug-likeness (QED) is 0.902. The Balaban J connectivity index is 1.88. The van der Waals surface area contributed by atoms with Gasteiger partial charge in [0.25, 0.3) is 10.0 Å². The van der Waals surface area contributed by atoms with Crippen LogP contribution in [-0.4, -0.2) is 29.9 Å². The van der Waals surface area contributed by atoms with Crippen molar-refractivity contribution in [3.05, 3.63) is 23.5 Å². The number of ether oxygens (including phenoxy) is 1. The van der Waals surface area contributed by atoms with Crippen molar-refractivity contribution in [2.75, 3.05) is 11.8 Å². The molecule has 112 valence electrons. The van der Waals surface area contributed by atoms with E-state index in [0.29, 0.717) is 5.92 Å². The summed E-state index contributed by atoms with van der Waals surface area (Å²) in [4.78, 5) is 8.42. The summed E-state index contributed by atoms with van der Waals surface area (Å²) in [7, 11) is -2.31. The third kappa shape index (κ3) is 3.13. The zero-order valence-electron chi connectivity index (χ0n) is 11.5. The minimum Gasteiger partial charge on any atom is -0.480 e. The van der Waals surface area contributed by atoms with Gasteiger partial charge in [0.2, 0.25) is 11.8 Å². The lowest BCUT2D eigenvalue weighted by atomic mass is 10.2. The maximum absolute atomic E-state index is 12.3. The molecule has 0 atom stereocenters. The number of nitrogens with one attached hydrogen (secondary N) is 1. The maximum atomic E-state index is 12.3. The zero-order valence-corrected chi connectivity index (χ0v) is 13.2. The Bertz CT molecular complexity index is 769. The molecule has 1 N–H and O–H groups in total. The van der Waals surface area contributed by atoms with E-state index in [-0.39, 0.29) is 16.0 Å². The van der Waals surface area contributed by atoms with Crippen molar-refractivity contribution in [2.24, 2.45) is 0 Å². The van der Waals surface area contributed by atoms with Gasteiger partial charge in [-0.05, 0) is 37.4 Å². The third-order valence-corrected chi connectivity index (χ3v) is 5.59. The van der Waals surface area contributed by atoms with Gasteiger partial charge in [0.1, 0.15) is 0 Å². The van der Waals surface area contributed by atoms with Crippen molar-refractivity contribution in [1.82, 2.24) is 14.3 Å². The van der Waals surface area contributed by atoms with Crippen molar-refractivity contribution >= 4 is 27.5 Å². The summed E-state index contributed by atoms with van der Waals surface area (Å²) in [5, 5.41) is 0. The lowest BCUT2D eigenvalue weighted by molar-refractivity contribution is 0.402. The second-order valence-electron chi connectivity index (χ2n) is 4.83. The molecule has 2 aromatic heterocycles. The molecule has 0 saturated heterocycles. The highest BCUT2D eigenvalue weighted by molar-refractivity contribution is 7.94. The number of anilines is 1. The molecule has 0 radical (unpaired) electrons. The standard InChI is InChI=1S/C12H14N4O3S2/c1-7-5-9(8-3-4-8)14-12(13-7)16-21(17,18)11-6-10(19-2)15-20-11/h5-6,8H,3-4H2,1-2H3,(H,13,14,16). The fourth-order valence-corrected chi connectivity index (χ4v) is 3.64. The normalized spacial score (nSPS) is 15.0. The fraction of sp³-hybridized carbons (Fsp3) is 0.417. The average molecular weight is 326 g/mol. The Morgan fingerprint density at radius 1 is 1.33 bits per heavy atom. The summed E-state index contributed by atoms with van der Waals surface area (Å²) in [5.74, 6) is 0.798. The molecule has 0 aliphatic heterocycles. The van der Waals surface area contributed by atoms with Gasteiger partial charge in [-0.3, -0.25) is 0 Å². The monoisotopic (exact) mass is 326 g/mol. The molecular weight excluding hydrogens is 312 g/mol. The van der Waals surface area contributed by atoms with Crippen molar-refractivity contribution in [1.29, 1.82) is 0 Å². The maximum Gasteiger partial charge on any atom is 0.275 e. The Morgan fingerprint density at radius 3 is 2.71 bits per heavy atom. The molecule has 0 amide bonds. The lowest BCUT2D eigenvalue weighted by Crippen LogP contribution is -2.14. The van der Waals surface area contributed by atoms with Gasteiger partial charge in [-0.1, -0.05) is 0 Å². The smallest absolute Gasteiger partial charge is 0.275 e. The fourth-order valence-electron chi connectivity index (χ4n) is 1.86. The van der Waals surface area contributed by atoms with E-state index in [0.717, 1.165) is 35.8 Å². The number of aromatic nitrogens is 3. The summed E-state index contributed by atoms with van der Waals surface area (Å²) in [6, 6.07) is 3.26. The highest BCUT2D eigenvalue weighted by atomic mass is 32.2. The van der Waals surface area contributed by atoms with E-state index in [2.05, 4.69) is 19.1 Å². The molecule has 0 spiro atoms. The number of hydrogen-bond donors (Lipinski definition) is 1. The first-order valence-electron chi connectivity index (χ1n) is 6.37. The zero-order chi connectivity index (χ0) is 15.0. The van der Waals surface area contributed by atoms with Crippen LogP contribution in [0, 0.1) is 6.92 Å². The van der Waals surface area contributed by atoms with Crippen molar-refractivity contribution in [3.8, 4) is 5.88 Å². The van der Waals surface area contributed by atoms with Gasteiger partial charge in [-0.2, -0.15) is 4.37 Å². The molecule has 1 fully saturated rings. The highest BCUT2D eigenvalue weighted by Crippen LogP contribution is 2.39. The molecular formula is C12H14N4O3S2. The van der Waals surface area contributed by atoms with Crippen molar-refractivity contribution in [2.45, 2.75) is 29.9 Å². The molecule has 2 heterocycles. The largest absolute Gasteiger partial charge is 0.480 e. The summed E-state index contributed by atoms with van der Waals surface area (Å²) in [6.45, 7) is 1.82. The van der Waals surface area contributed by atoms with Crippen LogP contribution in [0.5, 0.6) is 5.88 Å². The first-order chi connectivity index (χ1) is 9.98. The Hall–Kier alpha value is -1.74. The van der Waals surface area contributed by atoms with Crippen LogP contribution in [0.15, 0.2) is 16.3 Å². The molecule has 1 aliphatic carbocycles. The molecule has 9 heteroatoms. The van der Waals surface area contributed by atoms with E-state index in [9.17, 15) is 8.42 Å². The molecule has 1 saturated carbocycles. The van der Waals surface area contributed by atoms with Crippen LogP contribution in [0.1, 0.15) is 30.1 Å². The molecule has 1 aliphatic rings. The second-order valence-corrected chi connectivity index (χ2v) is 7.54. The average Bonchev–Trinajstić information content (AvgIpc) is 3.14. The summed E-state index contributed by atoms with van der Waals surface area (Å²) >= 11 is 0.846. The van der Waals surface area contributed by atoms with Gasteiger partial charge in [0.05, 0.1) is 7.11 Å². The van der Waals surface area contributed by atoms with Crippen molar-refractivity contribution in [3.63, 3.8) is 0 Å². The van der Waals surface area contributed by atoms with Crippen LogP contribution in [0.4, 0.5) is 5.95 Å². The van der Waals surface area contributed by atoms with Gasteiger partial charge in [-0.15, -0.1) is 0 Å². The molecule has 3 rings (SSSR count). The Kier molecular flexibility index (Phi) is 3.54. The predicted molar refractivity (Wildman–Crippen MR) is 78.2 cm³/mol. The number of sulfonamides is 1. The number of nitrogens with zero attached hydrogens (tertiary/aromatic N) is 3. The van der Waals surface area contributed by atoms with E-state index in [1.807, 2.05) is 13.0 Å². The molecule has 0 unspecified atom stereocenters. The van der Waals surface area contributed by atoms with E-state index in [1.54, 1.807) is 0 Å². The first kappa shape index (κ1) is 14.2. The van der Waals surface area contributed by atoms with Crippen molar-refractivity contribution < 1.29 is 13.2 Å². The number of rotatable bonds is 5. The van der Waals surface area contributed by atoms with Gasteiger partial charge in [-0.25, -0.2) is 23.1 Å². The lowest BCUT2D eigenvalue weighted by Gasteiger charge is -2.07. The minimum absolute atomic E-state index is 0.0671. The summed E-state index contributed by atoms with van der Waals surface area (Å²) in [6.07, 6.45) is 2.18. The molecule has 21 heavy (non-hydrogen) atoms. The van der Waals surface area contributed by atoms with E-state index in [1.165, 1.54) is 13.2 Å². The molecule has 7 nitrogen and oxygen atoms in total. The van der Waals surface area contributed by atoms with E-state index >= 15 is 0 Å². The number of aryl methyl sites for hydroxylation is 1. The second kappa shape index (κ2) is 5.23. The predicted octanol–water partition coefficient (Wildman–Crippen LogP) is 1.93. The van der Waals surface area contributed by atoms with Crippen LogP contribution < -0.4 is 9.46 Å². The van der Waals surface area contributed by atoms with E-state index < -0.39 is 10.0 Å². The van der Waals surface area contributed by atoms with Crippen LogP contribution in [0.2, 0.25) is 0 Å². The SMILES string of the molecule is COc1cc(S(=O)(=O)Nc2nc(C)cc(C3CC3)n2)sn1. The minimum atomic E-state index is -3.74. The van der Waals surface area contributed by atoms with Gasteiger partial charge in [0, 0.05) is 23.4 Å².